The third kappa shape index (κ3) is 4.40. The van der Waals surface area contributed by atoms with Crippen LogP contribution < -0.4 is 20.4 Å². The minimum atomic E-state index is 0.582. The summed E-state index contributed by atoms with van der Waals surface area (Å²) in [6, 6.07) is 9.68. The summed E-state index contributed by atoms with van der Waals surface area (Å²) >= 11 is 0. The van der Waals surface area contributed by atoms with Crippen molar-refractivity contribution in [3.63, 3.8) is 0 Å². The van der Waals surface area contributed by atoms with Gasteiger partial charge in [0, 0.05) is 30.7 Å². The van der Waals surface area contributed by atoms with Crippen molar-refractivity contribution in [1.82, 2.24) is 29.9 Å². The Bertz CT molecular complexity index is 1380. The SMILES string of the molecule is COc1ccc(Nc2ncc(CNc3cccnc3)cc2-c2nc(C)nc3nc[nH]c23)c[nH+]1. The van der Waals surface area contributed by atoms with Gasteiger partial charge in [-0.25, -0.2) is 19.9 Å². The van der Waals surface area contributed by atoms with E-state index in [1.54, 1.807) is 25.8 Å². The Labute approximate surface area is 189 Å². The predicted molar refractivity (Wildman–Crippen MR) is 124 cm³/mol. The second-order valence-electron chi connectivity index (χ2n) is 7.33. The molecule has 4 N–H and O–H groups in total. The number of rotatable bonds is 7. The first-order valence-electron chi connectivity index (χ1n) is 10.3. The zero-order valence-electron chi connectivity index (χ0n) is 18.1. The van der Waals surface area contributed by atoms with Crippen LogP contribution in [0.1, 0.15) is 11.4 Å². The fraction of sp³-hybridized carbons (Fsp3) is 0.130. The predicted octanol–water partition coefficient (Wildman–Crippen LogP) is 3.30. The number of imidazole rings is 1. The number of hydrogen-bond acceptors (Lipinski definition) is 8. The quantitative estimate of drug-likeness (QED) is 0.352. The van der Waals surface area contributed by atoms with Crippen LogP contribution in [0.15, 0.2) is 61.4 Å². The van der Waals surface area contributed by atoms with E-state index in [1.807, 2.05) is 43.6 Å². The molecule has 0 unspecified atom stereocenters. The van der Waals surface area contributed by atoms with Crippen molar-refractivity contribution >= 4 is 28.4 Å². The number of ether oxygens (including phenoxy) is 1. The van der Waals surface area contributed by atoms with Crippen LogP contribution in [-0.2, 0) is 6.54 Å². The van der Waals surface area contributed by atoms with Crippen LogP contribution >= 0.6 is 0 Å². The summed E-state index contributed by atoms with van der Waals surface area (Å²) in [6.07, 6.45) is 8.80. The molecule has 0 saturated heterocycles. The number of pyridine rings is 3. The Morgan fingerprint density at radius 1 is 1.09 bits per heavy atom. The Kier molecular flexibility index (Phi) is 5.46. The van der Waals surface area contributed by atoms with Gasteiger partial charge in [0.2, 0.25) is 0 Å². The minimum Gasteiger partial charge on any atom is -0.448 e. The zero-order chi connectivity index (χ0) is 22.6. The molecule has 0 fully saturated rings. The zero-order valence-corrected chi connectivity index (χ0v) is 18.1. The molecule has 5 aromatic heterocycles. The van der Waals surface area contributed by atoms with E-state index in [2.05, 4.69) is 41.6 Å². The van der Waals surface area contributed by atoms with Gasteiger partial charge in [-0.2, -0.15) is 4.98 Å². The van der Waals surface area contributed by atoms with E-state index >= 15 is 0 Å². The number of H-pyrrole nitrogens is 2. The summed E-state index contributed by atoms with van der Waals surface area (Å²) in [5, 5.41) is 6.75. The number of aryl methyl sites for hydroxylation is 1. The standard InChI is InChI=1S/C23H21N9O/c1-14-30-20(21-23(31-14)29-13-28-21)18-8-15(9-25-16-4-3-7-24-11-16)10-27-22(18)32-17-5-6-19(33-2)26-12-17/h3-8,10-13,25H,9H2,1-2H3,(H,27,32)(H,28,29,30,31)/p+1. The van der Waals surface area contributed by atoms with Crippen LogP contribution in [0.3, 0.4) is 0 Å². The van der Waals surface area contributed by atoms with E-state index in [0.29, 0.717) is 29.7 Å². The highest BCUT2D eigenvalue weighted by atomic mass is 16.5. The molecule has 0 spiro atoms. The smallest absolute Gasteiger partial charge is 0.365 e. The van der Waals surface area contributed by atoms with Crippen molar-refractivity contribution in [2.24, 2.45) is 0 Å². The van der Waals surface area contributed by atoms with Gasteiger partial charge in [0.05, 0.1) is 25.2 Å². The largest absolute Gasteiger partial charge is 0.448 e. The highest BCUT2D eigenvalue weighted by molar-refractivity contribution is 5.91. The topological polar surface area (TPSA) is 128 Å². The van der Waals surface area contributed by atoms with Crippen molar-refractivity contribution in [2.45, 2.75) is 13.5 Å². The number of hydrogen-bond donors (Lipinski definition) is 3. The molecule has 33 heavy (non-hydrogen) atoms. The van der Waals surface area contributed by atoms with Crippen LogP contribution in [0, 0.1) is 6.92 Å². The molecule has 5 rings (SSSR count). The lowest BCUT2D eigenvalue weighted by molar-refractivity contribution is -0.392. The molecule has 0 atom stereocenters. The van der Waals surface area contributed by atoms with Crippen molar-refractivity contribution in [1.29, 1.82) is 0 Å². The van der Waals surface area contributed by atoms with Crippen LogP contribution in [-0.4, -0.2) is 37.0 Å². The van der Waals surface area contributed by atoms with Crippen molar-refractivity contribution < 1.29 is 9.72 Å². The second-order valence-corrected chi connectivity index (χ2v) is 7.33. The molecule has 0 aliphatic heterocycles. The number of aromatic nitrogens is 7. The summed E-state index contributed by atoms with van der Waals surface area (Å²) in [6.45, 7) is 2.43. The van der Waals surface area contributed by atoms with Gasteiger partial charge in [-0.3, -0.25) is 4.98 Å². The van der Waals surface area contributed by atoms with Crippen LogP contribution in [0.4, 0.5) is 17.2 Å². The average Bonchev–Trinajstić information content (AvgIpc) is 3.32. The Morgan fingerprint density at radius 2 is 2.03 bits per heavy atom. The third-order valence-electron chi connectivity index (χ3n) is 5.02. The van der Waals surface area contributed by atoms with E-state index in [0.717, 1.165) is 33.7 Å². The summed E-state index contributed by atoms with van der Waals surface area (Å²) in [4.78, 5) is 28.5. The molecule has 164 valence electrons. The fourth-order valence-corrected chi connectivity index (χ4v) is 3.45. The normalized spacial score (nSPS) is 10.8. The van der Waals surface area contributed by atoms with E-state index in [-0.39, 0.29) is 0 Å². The number of methoxy groups -OCH3 is 1. The maximum atomic E-state index is 5.21. The van der Waals surface area contributed by atoms with Gasteiger partial charge in [-0.15, -0.1) is 0 Å². The van der Waals surface area contributed by atoms with E-state index in [1.165, 1.54) is 0 Å². The van der Waals surface area contributed by atoms with E-state index in [9.17, 15) is 0 Å². The molecular weight excluding hydrogens is 418 g/mol. The Hall–Kier alpha value is -4.60. The summed E-state index contributed by atoms with van der Waals surface area (Å²) < 4.78 is 5.21. The number of nitrogens with zero attached hydrogens (tertiary/aromatic N) is 5. The van der Waals surface area contributed by atoms with Crippen LogP contribution in [0.25, 0.3) is 22.4 Å². The van der Waals surface area contributed by atoms with E-state index in [4.69, 9.17) is 14.7 Å². The molecule has 0 radical (unpaired) electrons. The first kappa shape index (κ1) is 20.3. The van der Waals surface area contributed by atoms with Gasteiger partial charge in [0.25, 0.3) is 0 Å². The molecular formula is C23H22N9O+. The third-order valence-corrected chi connectivity index (χ3v) is 5.02. The van der Waals surface area contributed by atoms with Gasteiger partial charge in [0.15, 0.2) is 11.8 Å². The minimum absolute atomic E-state index is 0.582. The van der Waals surface area contributed by atoms with Crippen LogP contribution in [0.5, 0.6) is 5.88 Å². The van der Waals surface area contributed by atoms with Crippen molar-refractivity contribution in [3.8, 4) is 17.1 Å². The van der Waals surface area contributed by atoms with Gasteiger partial charge in [0.1, 0.15) is 28.5 Å². The molecule has 0 bridgehead atoms. The monoisotopic (exact) mass is 440 g/mol. The molecule has 10 nitrogen and oxygen atoms in total. The summed E-state index contributed by atoms with van der Waals surface area (Å²) in [7, 11) is 1.62. The number of fused-ring (bicyclic) bond motifs is 1. The maximum Gasteiger partial charge on any atom is 0.365 e. The number of nitrogens with one attached hydrogen (secondary N) is 4. The molecule has 5 heterocycles. The first-order chi connectivity index (χ1) is 16.2. The maximum absolute atomic E-state index is 5.21. The average molecular weight is 440 g/mol. The van der Waals surface area contributed by atoms with Gasteiger partial charge in [-0.1, -0.05) is 0 Å². The highest BCUT2D eigenvalue weighted by Gasteiger charge is 2.17. The lowest BCUT2D eigenvalue weighted by Gasteiger charge is -2.13. The summed E-state index contributed by atoms with van der Waals surface area (Å²) in [5.74, 6) is 1.95. The lowest BCUT2D eigenvalue weighted by atomic mass is 10.1. The molecule has 0 aliphatic rings. The van der Waals surface area contributed by atoms with E-state index < -0.39 is 0 Å². The van der Waals surface area contributed by atoms with Crippen molar-refractivity contribution in [3.05, 3.63) is 72.8 Å². The van der Waals surface area contributed by atoms with Gasteiger partial charge in [-0.05, 0) is 36.8 Å². The Balaban J connectivity index is 1.55. The van der Waals surface area contributed by atoms with Crippen molar-refractivity contribution in [2.75, 3.05) is 17.7 Å². The van der Waals surface area contributed by atoms with Gasteiger partial charge < -0.3 is 20.4 Å². The summed E-state index contributed by atoms with van der Waals surface area (Å²) in [5.41, 5.74) is 5.68. The van der Waals surface area contributed by atoms with Crippen LogP contribution in [0.2, 0.25) is 0 Å². The molecule has 5 aromatic rings. The molecule has 0 aromatic carbocycles. The fourth-order valence-electron chi connectivity index (χ4n) is 3.45. The molecule has 0 aliphatic carbocycles. The molecule has 10 heteroatoms. The molecule has 0 amide bonds. The Morgan fingerprint density at radius 3 is 2.82 bits per heavy atom. The number of anilines is 3. The van der Waals surface area contributed by atoms with Gasteiger partial charge >= 0.3 is 5.88 Å². The first-order valence-corrected chi connectivity index (χ1v) is 10.3. The second kappa shape index (κ2) is 8.87. The highest BCUT2D eigenvalue weighted by Crippen LogP contribution is 2.32. The lowest BCUT2D eigenvalue weighted by Crippen LogP contribution is -2.09. The molecule has 0 saturated carbocycles. The number of aromatic amines is 2.